The summed E-state index contributed by atoms with van der Waals surface area (Å²) in [7, 11) is 0. The monoisotopic (exact) mass is 282 g/mol. The SMILES string of the molecule is CCC(C)(CN)C(=O)Nc1ccccc1-c1ccccc1. The topological polar surface area (TPSA) is 55.1 Å². The van der Waals surface area contributed by atoms with Crippen molar-refractivity contribution in [1.29, 1.82) is 0 Å². The average molecular weight is 282 g/mol. The number of rotatable bonds is 5. The van der Waals surface area contributed by atoms with Gasteiger partial charge in [0.15, 0.2) is 0 Å². The van der Waals surface area contributed by atoms with E-state index in [4.69, 9.17) is 5.73 Å². The molecule has 0 fully saturated rings. The van der Waals surface area contributed by atoms with Crippen molar-refractivity contribution in [3.8, 4) is 11.1 Å². The summed E-state index contributed by atoms with van der Waals surface area (Å²) in [6.07, 6.45) is 0.711. The smallest absolute Gasteiger partial charge is 0.231 e. The maximum absolute atomic E-state index is 12.5. The molecule has 2 aromatic carbocycles. The number of nitrogens with one attached hydrogen (secondary N) is 1. The predicted molar refractivity (Wildman–Crippen MR) is 88.0 cm³/mol. The van der Waals surface area contributed by atoms with Gasteiger partial charge in [0.2, 0.25) is 5.91 Å². The van der Waals surface area contributed by atoms with Crippen LogP contribution in [-0.2, 0) is 4.79 Å². The Morgan fingerprint density at radius 3 is 2.33 bits per heavy atom. The minimum atomic E-state index is -0.538. The van der Waals surface area contributed by atoms with Gasteiger partial charge in [0.05, 0.1) is 5.41 Å². The lowest BCUT2D eigenvalue weighted by atomic mass is 9.86. The van der Waals surface area contributed by atoms with Crippen LogP contribution in [0.1, 0.15) is 20.3 Å². The Balaban J connectivity index is 2.32. The fourth-order valence-electron chi connectivity index (χ4n) is 2.13. The van der Waals surface area contributed by atoms with Crippen LogP contribution in [0, 0.1) is 5.41 Å². The number of para-hydroxylation sites is 1. The number of nitrogens with two attached hydrogens (primary N) is 1. The second-order valence-electron chi connectivity index (χ2n) is 5.48. The first-order chi connectivity index (χ1) is 10.1. The van der Waals surface area contributed by atoms with Crippen molar-refractivity contribution in [2.24, 2.45) is 11.1 Å². The molecule has 3 N–H and O–H groups in total. The molecule has 0 aliphatic heterocycles. The molecule has 0 aliphatic rings. The van der Waals surface area contributed by atoms with Gasteiger partial charge in [-0.05, 0) is 25.0 Å². The molecule has 3 nitrogen and oxygen atoms in total. The number of amides is 1. The van der Waals surface area contributed by atoms with Crippen LogP contribution in [0.5, 0.6) is 0 Å². The molecule has 2 rings (SSSR count). The molecule has 110 valence electrons. The van der Waals surface area contributed by atoms with E-state index < -0.39 is 5.41 Å². The molecular weight excluding hydrogens is 260 g/mol. The largest absolute Gasteiger partial charge is 0.329 e. The summed E-state index contributed by atoms with van der Waals surface area (Å²) in [5.74, 6) is -0.0316. The van der Waals surface area contributed by atoms with Crippen LogP contribution in [0.25, 0.3) is 11.1 Å². The first kappa shape index (κ1) is 15.3. The molecule has 0 spiro atoms. The van der Waals surface area contributed by atoms with E-state index in [1.165, 1.54) is 0 Å². The van der Waals surface area contributed by atoms with Crippen molar-refractivity contribution in [3.05, 3.63) is 54.6 Å². The lowest BCUT2D eigenvalue weighted by Gasteiger charge is -2.25. The van der Waals surface area contributed by atoms with Crippen LogP contribution in [0.2, 0.25) is 0 Å². The number of carbonyl (C=O) groups excluding carboxylic acids is 1. The summed E-state index contributed by atoms with van der Waals surface area (Å²) in [6.45, 7) is 4.21. The van der Waals surface area contributed by atoms with Crippen LogP contribution < -0.4 is 11.1 Å². The molecule has 21 heavy (non-hydrogen) atoms. The Morgan fingerprint density at radius 2 is 1.71 bits per heavy atom. The molecule has 0 aliphatic carbocycles. The van der Waals surface area contributed by atoms with Crippen molar-refractivity contribution < 1.29 is 4.79 Å². The lowest BCUT2D eigenvalue weighted by Crippen LogP contribution is -2.39. The van der Waals surface area contributed by atoms with E-state index in [2.05, 4.69) is 5.32 Å². The normalized spacial score (nSPS) is 13.5. The molecule has 2 aromatic rings. The van der Waals surface area contributed by atoms with Gasteiger partial charge in [-0.2, -0.15) is 0 Å². The molecule has 0 heterocycles. The van der Waals surface area contributed by atoms with E-state index in [0.29, 0.717) is 13.0 Å². The van der Waals surface area contributed by atoms with Gasteiger partial charge in [0.25, 0.3) is 0 Å². The second kappa shape index (κ2) is 6.55. The number of carbonyl (C=O) groups is 1. The summed E-state index contributed by atoms with van der Waals surface area (Å²) in [4.78, 5) is 12.5. The van der Waals surface area contributed by atoms with Crippen LogP contribution in [0.3, 0.4) is 0 Å². The third-order valence-corrected chi connectivity index (χ3v) is 4.04. The van der Waals surface area contributed by atoms with Gasteiger partial charge in [0.1, 0.15) is 0 Å². The van der Waals surface area contributed by atoms with Crippen molar-refractivity contribution in [2.75, 3.05) is 11.9 Å². The van der Waals surface area contributed by atoms with Crippen LogP contribution >= 0.6 is 0 Å². The van der Waals surface area contributed by atoms with Crippen LogP contribution in [0.4, 0.5) is 5.69 Å². The van der Waals surface area contributed by atoms with E-state index in [1.54, 1.807) is 0 Å². The predicted octanol–water partition coefficient (Wildman–Crippen LogP) is 3.67. The first-order valence-corrected chi connectivity index (χ1v) is 7.26. The molecule has 0 aromatic heterocycles. The maximum Gasteiger partial charge on any atom is 0.231 e. The fraction of sp³-hybridized carbons (Fsp3) is 0.278. The minimum Gasteiger partial charge on any atom is -0.329 e. The minimum absolute atomic E-state index is 0.0316. The second-order valence-corrected chi connectivity index (χ2v) is 5.48. The molecule has 1 unspecified atom stereocenters. The molecule has 0 bridgehead atoms. The molecular formula is C18H22N2O. The van der Waals surface area contributed by atoms with Gasteiger partial charge in [-0.3, -0.25) is 4.79 Å². The molecule has 0 saturated heterocycles. The zero-order chi connectivity index (χ0) is 15.3. The van der Waals surface area contributed by atoms with Gasteiger partial charge in [0, 0.05) is 17.8 Å². The quantitative estimate of drug-likeness (QED) is 0.879. The van der Waals surface area contributed by atoms with Crippen molar-refractivity contribution in [1.82, 2.24) is 0 Å². The summed E-state index contributed by atoms with van der Waals surface area (Å²) in [5, 5.41) is 3.03. The fourth-order valence-corrected chi connectivity index (χ4v) is 2.13. The first-order valence-electron chi connectivity index (χ1n) is 7.26. The highest BCUT2D eigenvalue weighted by molar-refractivity contribution is 5.98. The average Bonchev–Trinajstić information content (AvgIpc) is 2.55. The zero-order valence-electron chi connectivity index (χ0n) is 12.6. The van der Waals surface area contributed by atoms with Crippen molar-refractivity contribution in [3.63, 3.8) is 0 Å². The highest BCUT2D eigenvalue weighted by Crippen LogP contribution is 2.29. The van der Waals surface area contributed by atoms with E-state index >= 15 is 0 Å². The van der Waals surface area contributed by atoms with Gasteiger partial charge >= 0.3 is 0 Å². The van der Waals surface area contributed by atoms with Crippen molar-refractivity contribution >= 4 is 11.6 Å². The summed E-state index contributed by atoms with van der Waals surface area (Å²) < 4.78 is 0. The Kier molecular flexibility index (Phi) is 4.76. The van der Waals surface area contributed by atoms with Gasteiger partial charge in [-0.1, -0.05) is 55.5 Å². The van der Waals surface area contributed by atoms with E-state index in [1.807, 2.05) is 68.4 Å². The Labute approximate surface area is 126 Å². The Hall–Kier alpha value is -2.13. The van der Waals surface area contributed by atoms with E-state index in [0.717, 1.165) is 16.8 Å². The number of hydrogen-bond acceptors (Lipinski definition) is 2. The summed E-state index contributed by atoms with van der Waals surface area (Å²) in [5.41, 5.74) is 8.14. The van der Waals surface area contributed by atoms with Crippen LogP contribution in [0.15, 0.2) is 54.6 Å². The molecule has 1 amide bonds. The highest BCUT2D eigenvalue weighted by Gasteiger charge is 2.30. The van der Waals surface area contributed by atoms with E-state index in [-0.39, 0.29) is 5.91 Å². The summed E-state index contributed by atoms with van der Waals surface area (Å²) >= 11 is 0. The molecule has 0 radical (unpaired) electrons. The summed E-state index contributed by atoms with van der Waals surface area (Å²) in [6, 6.07) is 17.9. The van der Waals surface area contributed by atoms with E-state index in [9.17, 15) is 4.79 Å². The van der Waals surface area contributed by atoms with Gasteiger partial charge < -0.3 is 11.1 Å². The van der Waals surface area contributed by atoms with Crippen LogP contribution in [-0.4, -0.2) is 12.5 Å². The Bertz CT molecular complexity index is 604. The van der Waals surface area contributed by atoms with Crippen molar-refractivity contribution in [2.45, 2.75) is 20.3 Å². The standard InChI is InChI=1S/C18H22N2O/c1-3-18(2,13-19)17(21)20-16-12-8-7-11-15(16)14-9-5-4-6-10-14/h4-12H,3,13,19H2,1-2H3,(H,20,21). The third kappa shape index (κ3) is 3.31. The Morgan fingerprint density at radius 1 is 1.10 bits per heavy atom. The molecule has 3 heteroatoms. The third-order valence-electron chi connectivity index (χ3n) is 4.04. The lowest BCUT2D eigenvalue weighted by molar-refractivity contribution is -0.124. The molecule has 1 atom stereocenters. The van der Waals surface area contributed by atoms with Gasteiger partial charge in [-0.25, -0.2) is 0 Å². The zero-order valence-corrected chi connectivity index (χ0v) is 12.6. The van der Waals surface area contributed by atoms with Gasteiger partial charge in [-0.15, -0.1) is 0 Å². The molecule has 0 saturated carbocycles. The highest BCUT2D eigenvalue weighted by atomic mass is 16.2. The number of hydrogen-bond donors (Lipinski definition) is 2. The number of benzene rings is 2. The number of anilines is 1. The maximum atomic E-state index is 12.5.